The fourth-order valence-electron chi connectivity index (χ4n) is 2.94. The van der Waals surface area contributed by atoms with Gasteiger partial charge in [0.15, 0.2) is 0 Å². The number of amides is 1. The summed E-state index contributed by atoms with van der Waals surface area (Å²) in [4.78, 5) is 23.3. The van der Waals surface area contributed by atoms with Gasteiger partial charge in [0.25, 0.3) is 0 Å². The molecule has 2 aliphatic rings. The quantitative estimate of drug-likeness (QED) is 0.724. The van der Waals surface area contributed by atoms with E-state index in [0.29, 0.717) is 12.5 Å². The number of hydrogen-bond donors (Lipinski definition) is 2. The standard InChI is InChI=1S/C13H19NO3/c1-7(2)6-14-12(15)10-8-3-4-9(5-8)11(10)13(16)17/h3-4,7-11H,5-6H2,1-2H3,(H,14,15)(H,16,17)/t8-,9+,10-,11+/m1/s1. The number of rotatable bonds is 4. The fourth-order valence-corrected chi connectivity index (χ4v) is 2.94. The molecule has 1 fully saturated rings. The smallest absolute Gasteiger partial charge is 0.307 e. The van der Waals surface area contributed by atoms with Crippen LogP contribution in [0.3, 0.4) is 0 Å². The number of carbonyl (C=O) groups excluding carboxylic acids is 1. The molecule has 0 spiro atoms. The van der Waals surface area contributed by atoms with Gasteiger partial charge in [0.2, 0.25) is 5.91 Å². The molecule has 1 amide bonds. The van der Waals surface area contributed by atoms with E-state index in [1.54, 1.807) is 0 Å². The number of carboxylic acids is 1. The Morgan fingerprint density at radius 3 is 2.41 bits per heavy atom. The van der Waals surface area contributed by atoms with E-state index in [9.17, 15) is 14.7 Å². The van der Waals surface area contributed by atoms with Crippen LogP contribution in [0.5, 0.6) is 0 Å². The van der Waals surface area contributed by atoms with Gasteiger partial charge in [-0.05, 0) is 24.2 Å². The number of carbonyl (C=O) groups is 2. The Balaban J connectivity index is 2.06. The zero-order valence-electron chi connectivity index (χ0n) is 10.2. The topological polar surface area (TPSA) is 66.4 Å². The van der Waals surface area contributed by atoms with Crippen LogP contribution in [0.2, 0.25) is 0 Å². The first kappa shape index (κ1) is 12.1. The van der Waals surface area contributed by atoms with Gasteiger partial charge in [-0.3, -0.25) is 9.59 Å². The van der Waals surface area contributed by atoms with Crippen molar-refractivity contribution in [3.63, 3.8) is 0 Å². The van der Waals surface area contributed by atoms with Crippen molar-refractivity contribution < 1.29 is 14.7 Å². The summed E-state index contributed by atoms with van der Waals surface area (Å²) >= 11 is 0. The van der Waals surface area contributed by atoms with E-state index in [1.807, 2.05) is 26.0 Å². The third kappa shape index (κ3) is 2.21. The molecule has 0 saturated heterocycles. The monoisotopic (exact) mass is 237 g/mol. The Kier molecular flexibility index (Phi) is 3.22. The molecule has 4 heteroatoms. The lowest BCUT2D eigenvalue weighted by Crippen LogP contribution is -2.41. The molecule has 2 N–H and O–H groups in total. The van der Waals surface area contributed by atoms with Gasteiger partial charge in [-0.15, -0.1) is 0 Å². The number of fused-ring (bicyclic) bond motifs is 2. The Labute approximate surface area is 101 Å². The normalized spacial score (nSPS) is 34.3. The number of nitrogens with one attached hydrogen (secondary N) is 1. The zero-order valence-corrected chi connectivity index (χ0v) is 10.2. The molecular weight excluding hydrogens is 218 g/mol. The Bertz CT molecular complexity index is 362. The van der Waals surface area contributed by atoms with Crippen LogP contribution in [0.1, 0.15) is 20.3 Å². The lowest BCUT2D eigenvalue weighted by molar-refractivity contribution is -0.147. The SMILES string of the molecule is CC(C)CNC(=O)[C@H]1[C@@H](C(=O)O)[C@H]2C=C[C@@H]1C2. The van der Waals surface area contributed by atoms with Crippen molar-refractivity contribution in [1.82, 2.24) is 5.32 Å². The lowest BCUT2D eigenvalue weighted by Gasteiger charge is -2.24. The molecule has 94 valence electrons. The second-order valence-corrected chi connectivity index (χ2v) is 5.48. The summed E-state index contributed by atoms with van der Waals surface area (Å²) in [5, 5.41) is 12.1. The molecule has 17 heavy (non-hydrogen) atoms. The third-order valence-electron chi connectivity index (χ3n) is 3.73. The van der Waals surface area contributed by atoms with Gasteiger partial charge in [-0.1, -0.05) is 26.0 Å². The van der Waals surface area contributed by atoms with Crippen molar-refractivity contribution in [2.75, 3.05) is 6.54 Å². The van der Waals surface area contributed by atoms with Gasteiger partial charge in [-0.2, -0.15) is 0 Å². The average Bonchev–Trinajstić information content (AvgIpc) is 2.84. The summed E-state index contributed by atoms with van der Waals surface area (Å²) in [6.45, 7) is 4.66. The van der Waals surface area contributed by atoms with Crippen molar-refractivity contribution in [2.24, 2.45) is 29.6 Å². The molecule has 0 aromatic carbocycles. The van der Waals surface area contributed by atoms with E-state index in [2.05, 4.69) is 5.32 Å². The van der Waals surface area contributed by atoms with E-state index < -0.39 is 11.9 Å². The molecule has 0 aromatic heterocycles. The number of hydrogen-bond acceptors (Lipinski definition) is 2. The molecule has 0 unspecified atom stereocenters. The van der Waals surface area contributed by atoms with Crippen LogP contribution in [0.25, 0.3) is 0 Å². The minimum atomic E-state index is -0.841. The largest absolute Gasteiger partial charge is 0.481 e. The lowest BCUT2D eigenvalue weighted by atomic mass is 9.82. The Morgan fingerprint density at radius 1 is 1.29 bits per heavy atom. The van der Waals surface area contributed by atoms with Gasteiger partial charge < -0.3 is 10.4 Å². The summed E-state index contributed by atoms with van der Waals surface area (Å²) in [5.41, 5.74) is 0. The number of allylic oxidation sites excluding steroid dienone is 2. The second-order valence-electron chi connectivity index (χ2n) is 5.48. The van der Waals surface area contributed by atoms with Crippen LogP contribution in [0, 0.1) is 29.6 Å². The maximum Gasteiger partial charge on any atom is 0.307 e. The molecule has 0 heterocycles. The maximum atomic E-state index is 12.0. The van der Waals surface area contributed by atoms with Crippen LogP contribution in [-0.2, 0) is 9.59 Å². The molecule has 2 aliphatic carbocycles. The average molecular weight is 237 g/mol. The highest BCUT2D eigenvalue weighted by molar-refractivity contribution is 5.86. The predicted octanol–water partition coefficient (Wildman–Crippen LogP) is 1.28. The van der Waals surface area contributed by atoms with Crippen molar-refractivity contribution in [3.05, 3.63) is 12.2 Å². The second kappa shape index (κ2) is 4.51. The van der Waals surface area contributed by atoms with Crippen molar-refractivity contribution in [2.45, 2.75) is 20.3 Å². The van der Waals surface area contributed by atoms with E-state index in [-0.39, 0.29) is 23.7 Å². The first-order chi connectivity index (χ1) is 8.00. The van der Waals surface area contributed by atoms with Gasteiger partial charge in [0.1, 0.15) is 0 Å². The van der Waals surface area contributed by atoms with Gasteiger partial charge in [0, 0.05) is 6.54 Å². The molecule has 2 rings (SSSR count). The van der Waals surface area contributed by atoms with E-state index in [1.165, 1.54) is 0 Å². The maximum absolute atomic E-state index is 12.0. The Hall–Kier alpha value is -1.32. The van der Waals surface area contributed by atoms with Crippen LogP contribution in [0.4, 0.5) is 0 Å². The first-order valence-electron chi connectivity index (χ1n) is 6.19. The highest BCUT2D eigenvalue weighted by Gasteiger charge is 2.51. The fraction of sp³-hybridized carbons (Fsp3) is 0.692. The first-order valence-corrected chi connectivity index (χ1v) is 6.19. The minimum Gasteiger partial charge on any atom is -0.481 e. The minimum absolute atomic E-state index is 0.0484. The summed E-state index contributed by atoms with van der Waals surface area (Å²) in [7, 11) is 0. The number of carboxylic acid groups (broad SMARTS) is 1. The van der Waals surface area contributed by atoms with Crippen LogP contribution < -0.4 is 5.32 Å². The molecule has 0 radical (unpaired) electrons. The molecule has 2 bridgehead atoms. The third-order valence-corrected chi connectivity index (χ3v) is 3.73. The molecular formula is C13H19NO3. The van der Waals surface area contributed by atoms with Crippen LogP contribution >= 0.6 is 0 Å². The molecule has 4 nitrogen and oxygen atoms in total. The number of aliphatic carboxylic acids is 1. The van der Waals surface area contributed by atoms with E-state index in [0.717, 1.165) is 6.42 Å². The highest BCUT2D eigenvalue weighted by Crippen LogP contribution is 2.48. The van der Waals surface area contributed by atoms with Crippen molar-refractivity contribution >= 4 is 11.9 Å². The van der Waals surface area contributed by atoms with Gasteiger partial charge >= 0.3 is 5.97 Å². The molecule has 0 aromatic rings. The van der Waals surface area contributed by atoms with Gasteiger partial charge in [-0.25, -0.2) is 0 Å². The summed E-state index contributed by atoms with van der Waals surface area (Å²) in [5.74, 6) is -1.29. The van der Waals surface area contributed by atoms with Crippen LogP contribution in [0.15, 0.2) is 12.2 Å². The van der Waals surface area contributed by atoms with Crippen LogP contribution in [-0.4, -0.2) is 23.5 Å². The summed E-state index contributed by atoms with van der Waals surface area (Å²) in [6.07, 6.45) is 4.77. The van der Waals surface area contributed by atoms with E-state index >= 15 is 0 Å². The van der Waals surface area contributed by atoms with Crippen molar-refractivity contribution in [1.29, 1.82) is 0 Å². The van der Waals surface area contributed by atoms with Gasteiger partial charge in [0.05, 0.1) is 11.8 Å². The van der Waals surface area contributed by atoms with E-state index in [4.69, 9.17) is 0 Å². The molecule has 0 aliphatic heterocycles. The Morgan fingerprint density at radius 2 is 1.88 bits per heavy atom. The summed E-state index contributed by atoms with van der Waals surface area (Å²) < 4.78 is 0. The zero-order chi connectivity index (χ0) is 12.6. The highest BCUT2D eigenvalue weighted by atomic mass is 16.4. The molecule has 1 saturated carbocycles. The molecule has 4 atom stereocenters. The van der Waals surface area contributed by atoms with Crippen molar-refractivity contribution in [3.8, 4) is 0 Å². The predicted molar refractivity (Wildman–Crippen MR) is 63.2 cm³/mol. The summed E-state index contributed by atoms with van der Waals surface area (Å²) in [6, 6.07) is 0.